The molecule has 9 heteroatoms. The van der Waals surface area contributed by atoms with E-state index in [4.69, 9.17) is 4.42 Å². The van der Waals surface area contributed by atoms with Crippen molar-refractivity contribution in [3.05, 3.63) is 94.4 Å². The minimum absolute atomic E-state index is 0.0510. The van der Waals surface area contributed by atoms with Crippen LogP contribution in [0.2, 0.25) is 0 Å². The molecule has 4 aromatic rings. The lowest BCUT2D eigenvalue weighted by Gasteiger charge is -2.08. The third-order valence-corrected chi connectivity index (χ3v) is 5.34. The number of nitro benzene ring substituents is 1. The number of ketones is 1. The number of Topliss-reactive ketones (excluding diaryl/α,β-unsaturated/α-hetero) is 1. The van der Waals surface area contributed by atoms with Crippen molar-refractivity contribution in [3.63, 3.8) is 0 Å². The molecule has 0 aliphatic carbocycles. The van der Waals surface area contributed by atoms with Gasteiger partial charge in [-0.15, -0.1) is 10.2 Å². The van der Waals surface area contributed by atoms with Gasteiger partial charge in [0.05, 0.1) is 23.5 Å². The summed E-state index contributed by atoms with van der Waals surface area (Å²) in [6, 6.07) is 18.9. The second-order valence-electron chi connectivity index (χ2n) is 6.35. The Morgan fingerprint density at radius 1 is 1.03 bits per heavy atom. The van der Waals surface area contributed by atoms with Crippen LogP contribution < -0.4 is 0 Å². The maximum Gasteiger partial charge on any atom is 0.269 e. The van der Waals surface area contributed by atoms with Crippen LogP contribution in [0.4, 0.5) is 5.69 Å². The molecule has 0 saturated heterocycles. The second kappa shape index (κ2) is 8.75. The predicted octanol–water partition coefficient (Wildman–Crippen LogP) is 4.47. The van der Waals surface area contributed by atoms with Gasteiger partial charge >= 0.3 is 0 Å². The average Bonchev–Trinajstić information content (AvgIpc) is 3.43. The van der Waals surface area contributed by atoms with E-state index in [0.717, 1.165) is 11.3 Å². The van der Waals surface area contributed by atoms with Crippen molar-refractivity contribution in [2.75, 3.05) is 5.75 Å². The van der Waals surface area contributed by atoms with E-state index in [-0.39, 0.29) is 17.2 Å². The van der Waals surface area contributed by atoms with E-state index in [1.165, 1.54) is 36.0 Å². The van der Waals surface area contributed by atoms with E-state index in [0.29, 0.717) is 23.1 Å². The van der Waals surface area contributed by atoms with Crippen molar-refractivity contribution >= 4 is 23.2 Å². The Labute approximate surface area is 175 Å². The maximum atomic E-state index is 12.5. The number of hydrogen-bond donors (Lipinski definition) is 0. The molecule has 0 saturated carbocycles. The number of nitrogens with zero attached hydrogens (tertiary/aromatic N) is 4. The summed E-state index contributed by atoms with van der Waals surface area (Å²) < 4.78 is 7.38. The molecule has 150 valence electrons. The summed E-state index contributed by atoms with van der Waals surface area (Å²) in [4.78, 5) is 22.8. The third kappa shape index (κ3) is 4.31. The molecular formula is C21H16N4O4S. The minimum Gasteiger partial charge on any atom is -0.467 e. The number of hydrogen-bond acceptors (Lipinski definition) is 7. The van der Waals surface area contributed by atoms with Crippen LogP contribution in [0, 0.1) is 10.1 Å². The normalized spacial score (nSPS) is 10.8. The Balaban J connectivity index is 1.55. The maximum absolute atomic E-state index is 12.5. The molecule has 0 fully saturated rings. The highest BCUT2D eigenvalue weighted by atomic mass is 32.2. The van der Waals surface area contributed by atoms with Crippen LogP contribution in [0.5, 0.6) is 0 Å². The van der Waals surface area contributed by atoms with Crippen LogP contribution in [0.25, 0.3) is 11.4 Å². The highest BCUT2D eigenvalue weighted by Gasteiger charge is 2.18. The highest BCUT2D eigenvalue weighted by molar-refractivity contribution is 7.99. The molecule has 0 aliphatic rings. The smallest absolute Gasteiger partial charge is 0.269 e. The lowest BCUT2D eigenvalue weighted by atomic mass is 10.1. The van der Waals surface area contributed by atoms with Crippen LogP contribution in [-0.2, 0) is 6.54 Å². The van der Waals surface area contributed by atoms with Crippen LogP contribution in [-0.4, -0.2) is 31.2 Å². The van der Waals surface area contributed by atoms with Gasteiger partial charge in [0.1, 0.15) is 5.76 Å². The Bertz CT molecular complexity index is 1160. The number of non-ortho nitro benzene ring substituents is 1. The quantitative estimate of drug-likeness (QED) is 0.179. The van der Waals surface area contributed by atoms with E-state index < -0.39 is 4.92 Å². The molecule has 4 rings (SSSR count). The molecule has 0 amide bonds. The van der Waals surface area contributed by atoms with Gasteiger partial charge < -0.3 is 4.42 Å². The first-order valence-corrected chi connectivity index (χ1v) is 10.0. The Hall–Kier alpha value is -3.72. The number of aromatic nitrogens is 3. The summed E-state index contributed by atoms with van der Waals surface area (Å²) in [5, 5.41) is 19.9. The lowest BCUT2D eigenvalue weighted by molar-refractivity contribution is -0.384. The fraction of sp³-hybridized carbons (Fsp3) is 0.0952. The first kappa shape index (κ1) is 19.6. The van der Waals surface area contributed by atoms with Gasteiger partial charge in [0, 0.05) is 23.3 Å². The zero-order chi connectivity index (χ0) is 20.9. The fourth-order valence-corrected chi connectivity index (χ4v) is 3.71. The topological polar surface area (TPSA) is 104 Å². The monoisotopic (exact) mass is 420 g/mol. The molecule has 8 nitrogen and oxygen atoms in total. The number of benzene rings is 2. The van der Waals surface area contributed by atoms with E-state index in [9.17, 15) is 14.9 Å². The standard InChI is InChI=1S/C21H16N4O4S/c26-19(15-8-10-17(11-9-15)25(27)28)14-30-21-23-22-20(16-5-2-1-3-6-16)24(21)13-18-7-4-12-29-18/h1-12H,13-14H2. The molecular weight excluding hydrogens is 404 g/mol. The van der Waals surface area contributed by atoms with Crippen LogP contribution in [0.3, 0.4) is 0 Å². The SMILES string of the molecule is O=C(CSc1nnc(-c2ccccc2)n1Cc1ccco1)c1ccc([N+](=O)[O-])cc1. The molecule has 2 aromatic carbocycles. The summed E-state index contributed by atoms with van der Waals surface area (Å²) >= 11 is 1.26. The Kier molecular flexibility index (Phi) is 5.71. The summed E-state index contributed by atoms with van der Waals surface area (Å²) in [5.74, 6) is 1.40. The average molecular weight is 420 g/mol. The number of thioether (sulfide) groups is 1. The molecule has 0 atom stereocenters. The van der Waals surface area contributed by atoms with Gasteiger partial charge in [0.15, 0.2) is 16.8 Å². The molecule has 2 heterocycles. The van der Waals surface area contributed by atoms with Gasteiger partial charge in [-0.3, -0.25) is 19.5 Å². The van der Waals surface area contributed by atoms with Crippen LogP contribution >= 0.6 is 11.8 Å². The van der Waals surface area contributed by atoms with Crippen LogP contribution in [0.1, 0.15) is 16.1 Å². The zero-order valence-corrected chi connectivity index (χ0v) is 16.5. The van der Waals surface area contributed by atoms with E-state index in [1.54, 1.807) is 6.26 Å². The minimum atomic E-state index is -0.495. The van der Waals surface area contributed by atoms with Crippen LogP contribution in [0.15, 0.2) is 82.6 Å². The summed E-state index contributed by atoms with van der Waals surface area (Å²) in [6.07, 6.45) is 1.60. The van der Waals surface area contributed by atoms with Crippen molar-refractivity contribution < 1.29 is 14.1 Å². The number of carbonyl (C=O) groups excluding carboxylic acids is 1. The number of carbonyl (C=O) groups is 1. The number of furan rings is 1. The predicted molar refractivity (Wildman–Crippen MR) is 111 cm³/mol. The fourth-order valence-electron chi connectivity index (χ4n) is 2.88. The Morgan fingerprint density at radius 2 is 1.80 bits per heavy atom. The van der Waals surface area contributed by atoms with E-state index >= 15 is 0 Å². The number of nitro groups is 1. The van der Waals surface area contributed by atoms with Crippen molar-refractivity contribution in [1.29, 1.82) is 0 Å². The molecule has 2 aromatic heterocycles. The Morgan fingerprint density at radius 3 is 2.47 bits per heavy atom. The number of rotatable bonds is 8. The molecule has 30 heavy (non-hydrogen) atoms. The van der Waals surface area contributed by atoms with Crippen molar-refractivity contribution in [2.24, 2.45) is 0 Å². The van der Waals surface area contributed by atoms with Gasteiger partial charge in [-0.2, -0.15) is 0 Å². The van der Waals surface area contributed by atoms with Crippen molar-refractivity contribution in [1.82, 2.24) is 14.8 Å². The lowest BCUT2D eigenvalue weighted by Crippen LogP contribution is -2.07. The zero-order valence-electron chi connectivity index (χ0n) is 15.7. The van der Waals surface area contributed by atoms with Gasteiger partial charge in [-0.25, -0.2) is 0 Å². The first-order chi connectivity index (χ1) is 14.6. The summed E-state index contributed by atoms with van der Waals surface area (Å²) in [7, 11) is 0. The largest absolute Gasteiger partial charge is 0.467 e. The molecule has 0 N–H and O–H groups in total. The molecule has 0 spiro atoms. The van der Waals surface area contributed by atoms with Gasteiger partial charge in [-0.05, 0) is 24.3 Å². The van der Waals surface area contributed by atoms with Gasteiger partial charge in [0.25, 0.3) is 5.69 Å². The van der Waals surface area contributed by atoms with Gasteiger partial charge in [0.2, 0.25) is 0 Å². The summed E-state index contributed by atoms with van der Waals surface area (Å²) in [6.45, 7) is 0.429. The molecule has 0 aliphatic heterocycles. The van der Waals surface area contributed by atoms with E-state index in [2.05, 4.69) is 10.2 Å². The molecule has 0 radical (unpaired) electrons. The summed E-state index contributed by atoms with van der Waals surface area (Å²) in [5.41, 5.74) is 1.27. The third-order valence-electron chi connectivity index (χ3n) is 4.38. The van der Waals surface area contributed by atoms with Crippen molar-refractivity contribution in [3.8, 4) is 11.4 Å². The van der Waals surface area contributed by atoms with E-state index in [1.807, 2.05) is 47.0 Å². The highest BCUT2D eigenvalue weighted by Crippen LogP contribution is 2.26. The second-order valence-corrected chi connectivity index (χ2v) is 7.30. The first-order valence-electron chi connectivity index (χ1n) is 9.03. The van der Waals surface area contributed by atoms with Gasteiger partial charge in [-0.1, -0.05) is 42.1 Å². The van der Waals surface area contributed by atoms with Crippen molar-refractivity contribution in [2.45, 2.75) is 11.7 Å². The molecule has 0 bridgehead atoms. The molecule has 0 unspecified atom stereocenters.